The van der Waals surface area contributed by atoms with Gasteiger partial charge in [0.25, 0.3) is 0 Å². The van der Waals surface area contributed by atoms with Crippen molar-refractivity contribution in [3.05, 3.63) is 12.2 Å². The quantitative estimate of drug-likeness (QED) is 0.185. The molecule has 1 aliphatic heterocycles. The molecule has 0 radical (unpaired) electrons. The van der Waals surface area contributed by atoms with Gasteiger partial charge in [0, 0.05) is 43.6 Å². The number of carboxylic acid groups (broad SMARTS) is 1. The summed E-state index contributed by atoms with van der Waals surface area (Å²) in [6, 6.07) is 0.00574. The summed E-state index contributed by atoms with van der Waals surface area (Å²) >= 11 is 0. The molecule has 0 aromatic heterocycles. The molecule has 336 valence electrons. The van der Waals surface area contributed by atoms with Gasteiger partial charge in [0.1, 0.15) is 6.10 Å². The van der Waals surface area contributed by atoms with Gasteiger partial charge >= 0.3 is 11.9 Å². The summed E-state index contributed by atoms with van der Waals surface area (Å²) in [5, 5.41) is 13.4. The Morgan fingerprint density at radius 1 is 0.717 bits per heavy atom. The highest BCUT2D eigenvalue weighted by Crippen LogP contribution is 2.78. The molecule has 0 aromatic carbocycles. The normalized spacial score (nSPS) is 46.2. The SMILES string of the molecule is C=C(C)[C@@H]1CC[C@]2(C(=O)N[C@@H]3C[C@H](C(=O)N4CCN(CC)CC4)C3(C)C)CC[C@]3(C)[C@H](CC[C@@H]4[C@@]5(C)CC[C@H](OC(=O)[C@H]6C[C@@H](C(=O)O)C6(C)C)C(C)(C)[C@@H]5CC[C@]43C)[C@@H]12. The number of hydrogen-bond donors (Lipinski definition) is 2. The zero-order valence-electron chi connectivity index (χ0n) is 39.4. The van der Waals surface area contributed by atoms with Crippen molar-refractivity contribution in [2.45, 2.75) is 165 Å². The van der Waals surface area contributed by atoms with Crippen LogP contribution in [0.4, 0.5) is 0 Å². The molecular formula is C51H81N3O6. The molecule has 14 atom stereocenters. The minimum absolute atomic E-state index is 0.00574. The van der Waals surface area contributed by atoms with Gasteiger partial charge in [-0.25, -0.2) is 0 Å². The number of hydrogen-bond acceptors (Lipinski definition) is 6. The third-order valence-corrected chi connectivity index (χ3v) is 21.6. The van der Waals surface area contributed by atoms with Gasteiger partial charge in [0.05, 0.1) is 17.3 Å². The molecule has 0 unspecified atom stereocenters. The molecule has 7 aliphatic carbocycles. The fourth-order valence-corrected chi connectivity index (χ4v) is 17.1. The van der Waals surface area contributed by atoms with Crippen LogP contribution in [0, 0.1) is 85.2 Å². The summed E-state index contributed by atoms with van der Waals surface area (Å²) in [6.07, 6.45) is 11.3. The number of amides is 2. The Labute approximate surface area is 362 Å². The predicted octanol–water partition coefficient (Wildman–Crippen LogP) is 9.00. The highest BCUT2D eigenvalue weighted by molar-refractivity contribution is 5.86. The van der Waals surface area contributed by atoms with E-state index in [1.807, 2.05) is 13.8 Å². The van der Waals surface area contributed by atoms with Crippen molar-refractivity contribution in [1.29, 1.82) is 0 Å². The first kappa shape index (κ1) is 44.2. The molecule has 8 fully saturated rings. The standard InChI is InChI=1S/C51H81N3O6/c1-13-53-24-26-54(27-25-53)41(55)33-29-38(46(33,6)7)52-44(59)51-21-16-31(30(2)3)40(51)32-14-15-37-48(10)19-18-39(60-43(58)35-28-34(42(56)57)45(35,4)5)47(8,9)36(48)17-20-50(37,12)49(32,11)22-23-51/h31-40H,2,13-29H2,1,3-12H3,(H,52,59)(H,56,57)/t31-,32+,33+,34-,35+,36-,37+,38+,39-,40+,48-,49+,50+,51-/m0/s1. The number of nitrogens with zero attached hydrogens (tertiary/aromatic N) is 2. The van der Waals surface area contributed by atoms with Gasteiger partial charge in [-0.3, -0.25) is 19.2 Å². The van der Waals surface area contributed by atoms with E-state index >= 15 is 4.79 Å². The Morgan fingerprint density at radius 2 is 1.40 bits per heavy atom. The number of fused-ring (bicyclic) bond motifs is 7. The maximum absolute atomic E-state index is 15.1. The molecule has 7 saturated carbocycles. The van der Waals surface area contributed by atoms with Crippen LogP contribution in [-0.4, -0.2) is 83.5 Å². The van der Waals surface area contributed by atoms with Gasteiger partial charge in [-0.1, -0.05) is 81.4 Å². The average molecular weight is 832 g/mol. The number of piperazine rings is 1. The first-order valence-electron chi connectivity index (χ1n) is 24.3. The molecule has 8 aliphatic rings. The van der Waals surface area contributed by atoms with Crippen LogP contribution in [0.3, 0.4) is 0 Å². The number of aliphatic carboxylic acids is 1. The van der Waals surface area contributed by atoms with E-state index in [2.05, 4.69) is 84.0 Å². The summed E-state index contributed by atoms with van der Waals surface area (Å²) in [7, 11) is 0. The number of esters is 1. The van der Waals surface area contributed by atoms with Crippen molar-refractivity contribution in [1.82, 2.24) is 15.1 Å². The summed E-state index contributed by atoms with van der Waals surface area (Å²) in [4.78, 5) is 58.9. The van der Waals surface area contributed by atoms with E-state index in [1.165, 1.54) is 12.0 Å². The molecule has 0 spiro atoms. The van der Waals surface area contributed by atoms with Crippen molar-refractivity contribution in [2.24, 2.45) is 85.2 Å². The zero-order valence-corrected chi connectivity index (χ0v) is 39.4. The molecule has 2 amide bonds. The second-order valence-electron chi connectivity index (χ2n) is 24.5. The summed E-state index contributed by atoms with van der Waals surface area (Å²) < 4.78 is 6.46. The van der Waals surface area contributed by atoms with Crippen LogP contribution < -0.4 is 5.32 Å². The van der Waals surface area contributed by atoms with E-state index in [4.69, 9.17) is 4.74 Å². The van der Waals surface area contributed by atoms with E-state index < -0.39 is 22.7 Å². The van der Waals surface area contributed by atoms with Gasteiger partial charge in [0.2, 0.25) is 11.8 Å². The Balaban J connectivity index is 0.986. The molecule has 1 saturated heterocycles. The summed E-state index contributed by atoms with van der Waals surface area (Å²) in [6.45, 7) is 34.2. The predicted molar refractivity (Wildman–Crippen MR) is 234 cm³/mol. The first-order valence-corrected chi connectivity index (χ1v) is 24.3. The Bertz CT molecular complexity index is 1780. The number of carbonyl (C=O) groups is 4. The number of allylic oxidation sites excluding steroid dienone is 1. The van der Waals surface area contributed by atoms with E-state index in [1.54, 1.807) is 0 Å². The third-order valence-electron chi connectivity index (χ3n) is 21.6. The second-order valence-corrected chi connectivity index (χ2v) is 24.5. The van der Waals surface area contributed by atoms with Crippen LogP contribution in [0.15, 0.2) is 12.2 Å². The number of likely N-dealkylation sites (N-methyl/N-ethyl adjacent to an activating group) is 1. The molecule has 1 heterocycles. The fraction of sp³-hybridized carbons (Fsp3) is 0.882. The second kappa shape index (κ2) is 14.6. The van der Waals surface area contributed by atoms with Crippen molar-refractivity contribution < 1.29 is 29.0 Å². The van der Waals surface area contributed by atoms with E-state index in [-0.39, 0.29) is 74.8 Å². The lowest BCUT2D eigenvalue weighted by Gasteiger charge is -2.73. The number of nitrogens with one attached hydrogen (secondary N) is 1. The molecule has 0 aromatic rings. The molecular weight excluding hydrogens is 751 g/mol. The molecule has 9 heteroatoms. The summed E-state index contributed by atoms with van der Waals surface area (Å²) in [5.74, 6) is 0.592. The first-order chi connectivity index (χ1) is 27.9. The zero-order chi connectivity index (χ0) is 43.7. The smallest absolute Gasteiger partial charge is 0.309 e. The number of rotatable bonds is 8. The molecule has 8 rings (SSSR count). The Hall–Kier alpha value is -2.42. The average Bonchev–Trinajstić information content (AvgIpc) is 3.58. The highest BCUT2D eigenvalue weighted by Gasteiger charge is 2.72. The molecule has 2 N–H and O–H groups in total. The number of ether oxygens (including phenoxy) is 1. The Kier molecular flexibility index (Phi) is 10.7. The summed E-state index contributed by atoms with van der Waals surface area (Å²) in [5.41, 5.74) is 0.0924. The lowest BCUT2D eigenvalue weighted by molar-refractivity contribution is -0.251. The van der Waals surface area contributed by atoms with Gasteiger partial charge in [0.15, 0.2) is 0 Å². The van der Waals surface area contributed by atoms with Crippen LogP contribution in [0.2, 0.25) is 0 Å². The van der Waals surface area contributed by atoms with Crippen LogP contribution in [0.5, 0.6) is 0 Å². The van der Waals surface area contributed by atoms with E-state index in [9.17, 15) is 19.5 Å². The van der Waals surface area contributed by atoms with Gasteiger partial charge in [-0.05, 0) is 147 Å². The Morgan fingerprint density at radius 3 is 2.00 bits per heavy atom. The van der Waals surface area contributed by atoms with Gasteiger partial charge in [-0.15, -0.1) is 0 Å². The lowest BCUT2D eigenvalue weighted by atomic mass is 9.32. The monoisotopic (exact) mass is 832 g/mol. The minimum Gasteiger partial charge on any atom is -0.481 e. The lowest BCUT2D eigenvalue weighted by Crippen LogP contribution is -2.69. The van der Waals surface area contributed by atoms with Gasteiger partial charge in [-0.2, -0.15) is 0 Å². The third kappa shape index (κ3) is 6.11. The maximum Gasteiger partial charge on any atom is 0.309 e. The highest BCUT2D eigenvalue weighted by atomic mass is 16.5. The maximum atomic E-state index is 15.1. The van der Waals surface area contributed by atoms with Crippen LogP contribution >= 0.6 is 0 Å². The van der Waals surface area contributed by atoms with E-state index in [0.29, 0.717) is 30.1 Å². The van der Waals surface area contributed by atoms with Crippen molar-refractivity contribution >= 4 is 23.8 Å². The van der Waals surface area contributed by atoms with Crippen LogP contribution in [-0.2, 0) is 23.9 Å². The number of carboxylic acids is 1. The fourth-order valence-electron chi connectivity index (χ4n) is 17.1. The van der Waals surface area contributed by atoms with E-state index in [0.717, 1.165) is 96.9 Å². The van der Waals surface area contributed by atoms with Gasteiger partial charge < -0.3 is 25.0 Å². The number of carbonyl (C=O) groups excluding carboxylic acids is 3. The van der Waals surface area contributed by atoms with Crippen molar-refractivity contribution in [2.75, 3.05) is 32.7 Å². The van der Waals surface area contributed by atoms with Crippen molar-refractivity contribution in [3.63, 3.8) is 0 Å². The molecule has 9 nitrogen and oxygen atoms in total. The topological polar surface area (TPSA) is 116 Å². The van der Waals surface area contributed by atoms with Crippen molar-refractivity contribution in [3.8, 4) is 0 Å². The molecule has 60 heavy (non-hydrogen) atoms. The van der Waals surface area contributed by atoms with Crippen LogP contribution in [0.1, 0.15) is 153 Å². The van der Waals surface area contributed by atoms with Crippen LogP contribution in [0.25, 0.3) is 0 Å². The largest absolute Gasteiger partial charge is 0.481 e. The minimum atomic E-state index is -0.821. The molecule has 0 bridgehead atoms.